The van der Waals surface area contributed by atoms with E-state index in [4.69, 9.17) is 9.84 Å². The molecule has 0 aliphatic rings. The molecule has 0 bridgehead atoms. The zero-order valence-corrected chi connectivity index (χ0v) is 8.91. The summed E-state index contributed by atoms with van der Waals surface area (Å²) in [5.41, 5.74) is 0.0270. The van der Waals surface area contributed by atoms with E-state index in [1.807, 2.05) is 13.8 Å². The molecule has 0 saturated heterocycles. The van der Waals surface area contributed by atoms with Crippen LogP contribution in [-0.4, -0.2) is 31.5 Å². The second-order valence-electron chi connectivity index (χ2n) is 3.57. The molecule has 0 amide bonds. The second kappa shape index (κ2) is 3.80. The summed E-state index contributed by atoms with van der Waals surface area (Å²) in [7, 11) is 0. The van der Waals surface area contributed by atoms with Crippen molar-refractivity contribution >= 4 is 11.7 Å². The zero-order valence-electron chi connectivity index (χ0n) is 8.91. The molecule has 0 radical (unpaired) electrons. The Labute approximate surface area is 91.5 Å². The van der Waals surface area contributed by atoms with Crippen LogP contribution in [0, 0.1) is 0 Å². The molecule has 0 saturated carbocycles. The van der Waals surface area contributed by atoms with Crippen molar-refractivity contribution in [2.24, 2.45) is 0 Å². The first-order chi connectivity index (χ1) is 7.58. The fourth-order valence-corrected chi connectivity index (χ4v) is 1.30. The van der Waals surface area contributed by atoms with Gasteiger partial charge in [-0.3, -0.25) is 4.40 Å². The predicted molar refractivity (Wildman–Crippen MR) is 55.7 cm³/mol. The number of ether oxygens (including phenoxy) is 1. The van der Waals surface area contributed by atoms with E-state index in [-0.39, 0.29) is 17.5 Å². The van der Waals surface area contributed by atoms with Gasteiger partial charge in [0.05, 0.1) is 6.10 Å². The highest BCUT2D eigenvalue weighted by Crippen LogP contribution is 2.17. The van der Waals surface area contributed by atoms with Crippen LogP contribution >= 0.6 is 0 Å². The molecular formula is C10H11N3O3. The summed E-state index contributed by atoms with van der Waals surface area (Å²) in [6.45, 7) is 3.62. The normalized spacial score (nSPS) is 10.9. The maximum Gasteiger partial charge on any atom is 0.342 e. The van der Waals surface area contributed by atoms with Crippen molar-refractivity contribution in [1.82, 2.24) is 14.4 Å². The number of aromatic carboxylic acids is 1. The van der Waals surface area contributed by atoms with Gasteiger partial charge in [0.25, 0.3) is 0 Å². The van der Waals surface area contributed by atoms with Crippen molar-refractivity contribution in [3.63, 3.8) is 0 Å². The number of nitrogens with zero attached hydrogens (tertiary/aromatic N) is 3. The van der Waals surface area contributed by atoms with Crippen molar-refractivity contribution in [3.05, 3.63) is 24.2 Å². The van der Waals surface area contributed by atoms with E-state index in [1.165, 1.54) is 10.6 Å². The first-order valence-electron chi connectivity index (χ1n) is 4.81. The Bertz CT molecular complexity index is 533. The Kier molecular flexibility index (Phi) is 2.47. The number of hydrogen-bond donors (Lipinski definition) is 1. The molecule has 84 valence electrons. The molecule has 2 rings (SSSR count). The van der Waals surface area contributed by atoms with Crippen LogP contribution in [0.15, 0.2) is 18.6 Å². The largest absolute Gasteiger partial charge is 0.477 e. The number of carboxylic acid groups (broad SMARTS) is 1. The second-order valence-corrected chi connectivity index (χ2v) is 3.57. The lowest BCUT2D eigenvalue weighted by molar-refractivity contribution is 0.0688. The highest BCUT2D eigenvalue weighted by atomic mass is 16.5. The quantitative estimate of drug-likeness (QED) is 0.843. The molecule has 0 aliphatic carbocycles. The van der Waals surface area contributed by atoms with E-state index in [0.717, 1.165) is 0 Å². The predicted octanol–water partition coefficient (Wildman–Crippen LogP) is 1.21. The number of carboxylic acids is 1. The van der Waals surface area contributed by atoms with Crippen LogP contribution in [0.1, 0.15) is 24.2 Å². The van der Waals surface area contributed by atoms with Crippen LogP contribution in [0.2, 0.25) is 0 Å². The average Bonchev–Trinajstić information content (AvgIpc) is 2.62. The highest BCUT2D eigenvalue weighted by molar-refractivity contribution is 5.90. The van der Waals surface area contributed by atoms with Crippen LogP contribution in [0.3, 0.4) is 0 Å². The molecule has 2 aromatic heterocycles. The standard InChI is InChI=1S/C10H11N3O3/c1-6(2)16-8-7(9(14)15)5-13-4-3-11-10(13)12-8/h3-6H,1-2H3,(H,14,15). The lowest BCUT2D eigenvalue weighted by atomic mass is 10.3. The molecule has 0 unspecified atom stereocenters. The zero-order chi connectivity index (χ0) is 11.7. The molecule has 0 atom stereocenters. The smallest absolute Gasteiger partial charge is 0.342 e. The summed E-state index contributed by atoms with van der Waals surface area (Å²) in [6.07, 6.45) is 4.49. The molecule has 0 aliphatic heterocycles. The van der Waals surface area contributed by atoms with Crippen LogP contribution in [0.25, 0.3) is 5.78 Å². The van der Waals surface area contributed by atoms with Gasteiger partial charge >= 0.3 is 5.97 Å². The third-order valence-corrected chi connectivity index (χ3v) is 1.93. The molecule has 2 heterocycles. The van der Waals surface area contributed by atoms with Crippen molar-refractivity contribution in [3.8, 4) is 5.88 Å². The van der Waals surface area contributed by atoms with Crippen molar-refractivity contribution in [2.45, 2.75) is 20.0 Å². The molecule has 0 fully saturated rings. The fraction of sp³-hybridized carbons (Fsp3) is 0.300. The van der Waals surface area contributed by atoms with Crippen LogP contribution in [-0.2, 0) is 0 Å². The number of imidazole rings is 1. The number of hydrogen-bond acceptors (Lipinski definition) is 4. The van der Waals surface area contributed by atoms with E-state index in [0.29, 0.717) is 5.78 Å². The Morgan fingerprint density at radius 3 is 2.94 bits per heavy atom. The van der Waals surface area contributed by atoms with E-state index >= 15 is 0 Å². The summed E-state index contributed by atoms with van der Waals surface area (Å²) in [6, 6.07) is 0. The van der Waals surface area contributed by atoms with Gasteiger partial charge in [-0.05, 0) is 13.8 Å². The van der Waals surface area contributed by atoms with Crippen LogP contribution in [0.4, 0.5) is 0 Å². The third-order valence-electron chi connectivity index (χ3n) is 1.93. The maximum atomic E-state index is 11.0. The van der Waals surface area contributed by atoms with Gasteiger partial charge < -0.3 is 9.84 Å². The fourth-order valence-electron chi connectivity index (χ4n) is 1.30. The minimum Gasteiger partial charge on any atom is -0.477 e. The first-order valence-corrected chi connectivity index (χ1v) is 4.81. The first kappa shape index (κ1) is 10.4. The monoisotopic (exact) mass is 221 g/mol. The van der Waals surface area contributed by atoms with E-state index < -0.39 is 5.97 Å². The topological polar surface area (TPSA) is 76.7 Å². The minimum atomic E-state index is -1.07. The molecular weight excluding hydrogens is 210 g/mol. The Morgan fingerprint density at radius 2 is 2.31 bits per heavy atom. The van der Waals surface area contributed by atoms with Gasteiger partial charge in [-0.15, -0.1) is 0 Å². The molecule has 1 N–H and O–H groups in total. The molecule has 6 nitrogen and oxygen atoms in total. The van der Waals surface area contributed by atoms with Crippen LogP contribution in [0.5, 0.6) is 5.88 Å². The summed E-state index contributed by atoms with van der Waals surface area (Å²) >= 11 is 0. The molecule has 0 aromatic carbocycles. The Hall–Kier alpha value is -2.11. The SMILES string of the molecule is CC(C)Oc1nc2nccn2cc1C(=O)O. The van der Waals surface area contributed by atoms with Gasteiger partial charge in [-0.2, -0.15) is 4.98 Å². The lowest BCUT2D eigenvalue weighted by Gasteiger charge is -2.10. The summed E-state index contributed by atoms with van der Waals surface area (Å²) < 4.78 is 6.88. The highest BCUT2D eigenvalue weighted by Gasteiger charge is 2.16. The Morgan fingerprint density at radius 1 is 1.56 bits per heavy atom. The van der Waals surface area contributed by atoms with E-state index in [1.54, 1.807) is 12.4 Å². The minimum absolute atomic E-state index is 0.0270. The summed E-state index contributed by atoms with van der Waals surface area (Å²) in [5.74, 6) is -0.555. The van der Waals surface area contributed by atoms with Gasteiger partial charge in [0.15, 0.2) is 0 Å². The van der Waals surface area contributed by atoms with Gasteiger partial charge in [0.2, 0.25) is 11.7 Å². The maximum absolute atomic E-state index is 11.0. The van der Waals surface area contributed by atoms with Crippen LogP contribution < -0.4 is 4.74 Å². The number of carbonyl (C=O) groups is 1. The third kappa shape index (κ3) is 1.81. The lowest BCUT2D eigenvalue weighted by Crippen LogP contribution is -2.12. The number of rotatable bonds is 3. The van der Waals surface area contributed by atoms with Crippen molar-refractivity contribution < 1.29 is 14.6 Å². The van der Waals surface area contributed by atoms with E-state index in [9.17, 15) is 4.79 Å². The van der Waals surface area contributed by atoms with Crippen molar-refractivity contribution in [1.29, 1.82) is 0 Å². The average molecular weight is 221 g/mol. The molecule has 2 aromatic rings. The van der Waals surface area contributed by atoms with Gasteiger partial charge in [-0.25, -0.2) is 9.78 Å². The van der Waals surface area contributed by atoms with Gasteiger partial charge in [0.1, 0.15) is 5.56 Å². The number of fused-ring (bicyclic) bond motifs is 1. The summed E-state index contributed by atoms with van der Waals surface area (Å²) in [5, 5.41) is 9.02. The van der Waals surface area contributed by atoms with Gasteiger partial charge in [0, 0.05) is 18.6 Å². The number of aromatic nitrogens is 3. The molecule has 0 spiro atoms. The summed E-state index contributed by atoms with van der Waals surface area (Å²) in [4.78, 5) is 19.0. The molecule has 16 heavy (non-hydrogen) atoms. The van der Waals surface area contributed by atoms with Crippen molar-refractivity contribution in [2.75, 3.05) is 0 Å². The van der Waals surface area contributed by atoms with E-state index in [2.05, 4.69) is 9.97 Å². The molecule has 6 heteroatoms. The Balaban J connectivity index is 2.57. The van der Waals surface area contributed by atoms with Gasteiger partial charge in [-0.1, -0.05) is 0 Å².